The minimum Gasteiger partial charge on any atom is -0.365 e. The first-order valence-corrected chi connectivity index (χ1v) is 6.91. The van der Waals surface area contributed by atoms with E-state index < -0.39 is 0 Å². The van der Waals surface area contributed by atoms with Crippen LogP contribution in [0.25, 0.3) is 0 Å². The molecule has 2 nitrogen and oxygen atoms in total. The van der Waals surface area contributed by atoms with Crippen LogP contribution in [0.4, 0.5) is 10.1 Å². The monoisotopic (exact) mass is 248 g/mol. The van der Waals surface area contributed by atoms with Crippen LogP contribution in [-0.4, -0.2) is 25.2 Å². The summed E-state index contributed by atoms with van der Waals surface area (Å²) in [5.41, 5.74) is 2.30. The van der Waals surface area contributed by atoms with Crippen LogP contribution in [0.5, 0.6) is 0 Å². The van der Waals surface area contributed by atoms with Crippen LogP contribution in [0.2, 0.25) is 0 Å². The number of nitrogens with zero attached hydrogens (tertiary/aromatic N) is 1. The summed E-state index contributed by atoms with van der Waals surface area (Å²) in [6.07, 6.45) is 4.98. The molecule has 2 fully saturated rings. The fourth-order valence-corrected chi connectivity index (χ4v) is 3.71. The van der Waals surface area contributed by atoms with E-state index in [0.717, 1.165) is 5.56 Å². The maximum atomic E-state index is 13.2. The summed E-state index contributed by atoms with van der Waals surface area (Å²) in [5.74, 6) is -0.131. The molecular formula is C15H21FN2. The number of nitrogens with one attached hydrogen (secondary N) is 1. The summed E-state index contributed by atoms with van der Waals surface area (Å²) in [7, 11) is 2.06. The van der Waals surface area contributed by atoms with Crippen molar-refractivity contribution in [1.29, 1.82) is 0 Å². The van der Waals surface area contributed by atoms with Crippen LogP contribution in [0.3, 0.4) is 0 Å². The van der Waals surface area contributed by atoms with Crippen LogP contribution in [0.15, 0.2) is 18.2 Å². The van der Waals surface area contributed by atoms with Gasteiger partial charge < -0.3 is 10.2 Å². The van der Waals surface area contributed by atoms with Crippen molar-refractivity contribution in [3.05, 3.63) is 29.6 Å². The molecule has 0 aromatic heterocycles. The molecule has 0 spiro atoms. The first kappa shape index (κ1) is 12.0. The van der Waals surface area contributed by atoms with E-state index in [1.807, 2.05) is 13.0 Å². The molecule has 0 amide bonds. The molecule has 18 heavy (non-hydrogen) atoms. The number of hydrogen-bond acceptors (Lipinski definition) is 2. The lowest BCUT2D eigenvalue weighted by molar-refractivity contribution is 0.373. The molecule has 2 bridgehead atoms. The molecule has 2 atom stereocenters. The van der Waals surface area contributed by atoms with E-state index in [1.54, 1.807) is 12.1 Å². The maximum absolute atomic E-state index is 13.2. The van der Waals surface area contributed by atoms with Gasteiger partial charge in [0, 0.05) is 23.8 Å². The van der Waals surface area contributed by atoms with E-state index >= 15 is 0 Å². The Bertz CT molecular complexity index is 432. The Kier molecular flexibility index (Phi) is 3.02. The summed E-state index contributed by atoms with van der Waals surface area (Å²) in [6, 6.07) is 7.11. The lowest BCUT2D eigenvalue weighted by Crippen LogP contribution is -2.48. The third kappa shape index (κ3) is 1.91. The number of fused-ring (bicyclic) bond motifs is 2. The second-order valence-corrected chi connectivity index (χ2v) is 5.68. The molecule has 2 aliphatic heterocycles. The maximum Gasteiger partial charge on any atom is 0.123 e. The first-order valence-electron chi connectivity index (χ1n) is 6.91. The Morgan fingerprint density at radius 1 is 1.22 bits per heavy atom. The molecule has 98 valence electrons. The number of anilines is 1. The number of hydrogen-bond donors (Lipinski definition) is 1. The Morgan fingerprint density at radius 2 is 1.89 bits per heavy atom. The first-order chi connectivity index (χ1) is 8.69. The average Bonchev–Trinajstić information content (AvgIpc) is 2.60. The van der Waals surface area contributed by atoms with Crippen LogP contribution >= 0.6 is 0 Å². The van der Waals surface area contributed by atoms with E-state index in [-0.39, 0.29) is 5.82 Å². The molecule has 3 heteroatoms. The third-order valence-electron chi connectivity index (χ3n) is 4.58. The standard InChI is InChI=1S/C15H21FN2/c1-10-7-11(16)3-6-15(10)18-13-4-5-14(18)9-12(8-13)17-2/h3,6-7,12-14,17H,4-5,8-9H2,1-2H3. The van der Waals surface area contributed by atoms with Gasteiger partial charge in [-0.15, -0.1) is 0 Å². The van der Waals surface area contributed by atoms with Crippen molar-refractivity contribution in [2.24, 2.45) is 0 Å². The van der Waals surface area contributed by atoms with E-state index in [0.29, 0.717) is 18.1 Å². The van der Waals surface area contributed by atoms with Crippen LogP contribution < -0.4 is 10.2 Å². The second-order valence-electron chi connectivity index (χ2n) is 5.68. The topological polar surface area (TPSA) is 15.3 Å². The molecule has 0 saturated carbocycles. The highest BCUT2D eigenvalue weighted by atomic mass is 19.1. The zero-order valence-corrected chi connectivity index (χ0v) is 11.1. The highest BCUT2D eigenvalue weighted by molar-refractivity contribution is 5.56. The summed E-state index contributed by atoms with van der Waals surface area (Å²) < 4.78 is 13.2. The normalized spacial score (nSPS) is 30.8. The zero-order chi connectivity index (χ0) is 12.7. The second kappa shape index (κ2) is 4.54. The van der Waals surface area contributed by atoms with Gasteiger partial charge in [-0.3, -0.25) is 0 Å². The van der Waals surface area contributed by atoms with E-state index in [9.17, 15) is 4.39 Å². The Labute approximate surface area is 108 Å². The predicted molar refractivity (Wildman–Crippen MR) is 72.5 cm³/mol. The van der Waals surface area contributed by atoms with E-state index in [4.69, 9.17) is 0 Å². The Hall–Kier alpha value is -1.09. The molecule has 3 rings (SSSR count). The number of piperidine rings is 1. The van der Waals surface area contributed by atoms with Crippen LogP contribution in [0.1, 0.15) is 31.2 Å². The molecule has 1 aromatic rings. The Balaban J connectivity index is 1.89. The van der Waals surface area contributed by atoms with Gasteiger partial charge in [0.25, 0.3) is 0 Å². The average molecular weight is 248 g/mol. The van der Waals surface area contributed by atoms with Crippen LogP contribution in [0, 0.1) is 12.7 Å². The van der Waals surface area contributed by atoms with Crippen molar-refractivity contribution in [2.45, 2.75) is 50.7 Å². The molecule has 1 N–H and O–H groups in total. The van der Waals surface area contributed by atoms with Crippen molar-refractivity contribution in [1.82, 2.24) is 5.32 Å². The molecule has 1 aromatic carbocycles. The van der Waals surface area contributed by atoms with Crippen LogP contribution in [-0.2, 0) is 0 Å². The number of benzene rings is 1. The van der Waals surface area contributed by atoms with Crippen molar-refractivity contribution in [3.63, 3.8) is 0 Å². The number of rotatable bonds is 2. The van der Waals surface area contributed by atoms with Gasteiger partial charge >= 0.3 is 0 Å². The summed E-state index contributed by atoms with van der Waals surface area (Å²) in [5, 5.41) is 3.41. The van der Waals surface area contributed by atoms with Gasteiger partial charge in [-0.05, 0) is 63.4 Å². The molecule has 0 radical (unpaired) electrons. The fourth-order valence-electron chi connectivity index (χ4n) is 3.71. The quantitative estimate of drug-likeness (QED) is 0.865. The Morgan fingerprint density at radius 3 is 2.44 bits per heavy atom. The SMILES string of the molecule is CNC1CC2CCC(C1)N2c1ccc(F)cc1C. The smallest absolute Gasteiger partial charge is 0.123 e. The van der Waals surface area contributed by atoms with Gasteiger partial charge in [-0.25, -0.2) is 4.39 Å². The number of aryl methyl sites for hydroxylation is 1. The molecule has 2 aliphatic rings. The van der Waals surface area contributed by atoms with Gasteiger partial charge in [-0.1, -0.05) is 0 Å². The number of halogens is 1. The van der Waals surface area contributed by atoms with Crippen molar-refractivity contribution in [2.75, 3.05) is 11.9 Å². The van der Waals surface area contributed by atoms with E-state index in [1.165, 1.54) is 31.4 Å². The van der Waals surface area contributed by atoms with Gasteiger partial charge in [0.15, 0.2) is 0 Å². The van der Waals surface area contributed by atoms with Crippen molar-refractivity contribution < 1.29 is 4.39 Å². The molecule has 0 aliphatic carbocycles. The largest absolute Gasteiger partial charge is 0.365 e. The van der Waals surface area contributed by atoms with Crippen molar-refractivity contribution >= 4 is 5.69 Å². The summed E-state index contributed by atoms with van der Waals surface area (Å²) >= 11 is 0. The molecular weight excluding hydrogens is 227 g/mol. The summed E-state index contributed by atoms with van der Waals surface area (Å²) in [6.45, 7) is 2.02. The molecule has 2 heterocycles. The molecule has 2 unspecified atom stereocenters. The van der Waals surface area contributed by atoms with Gasteiger partial charge in [0.05, 0.1) is 0 Å². The summed E-state index contributed by atoms with van der Waals surface area (Å²) in [4.78, 5) is 2.54. The predicted octanol–water partition coefficient (Wildman–Crippen LogP) is 2.85. The minimum atomic E-state index is -0.131. The lowest BCUT2D eigenvalue weighted by Gasteiger charge is -2.41. The van der Waals surface area contributed by atoms with E-state index in [2.05, 4.69) is 17.3 Å². The third-order valence-corrected chi connectivity index (χ3v) is 4.58. The lowest BCUT2D eigenvalue weighted by atomic mass is 9.96. The fraction of sp³-hybridized carbons (Fsp3) is 0.600. The van der Waals surface area contributed by atoms with Gasteiger partial charge in [-0.2, -0.15) is 0 Å². The van der Waals surface area contributed by atoms with Gasteiger partial charge in [0.1, 0.15) is 5.82 Å². The van der Waals surface area contributed by atoms with Crippen molar-refractivity contribution in [3.8, 4) is 0 Å². The highest BCUT2D eigenvalue weighted by Crippen LogP contribution is 2.40. The zero-order valence-electron chi connectivity index (χ0n) is 11.1. The van der Waals surface area contributed by atoms with Gasteiger partial charge in [0.2, 0.25) is 0 Å². The highest BCUT2D eigenvalue weighted by Gasteiger charge is 2.40. The molecule has 2 saturated heterocycles. The minimum absolute atomic E-state index is 0.131.